The average molecular weight is 268 g/mol. The lowest BCUT2D eigenvalue weighted by Gasteiger charge is -2.14. The van der Waals surface area contributed by atoms with Crippen LogP contribution in [0.5, 0.6) is 0 Å². The van der Waals surface area contributed by atoms with Gasteiger partial charge in [-0.15, -0.1) is 0 Å². The lowest BCUT2D eigenvalue weighted by Crippen LogP contribution is -2.35. The van der Waals surface area contributed by atoms with Crippen molar-refractivity contribution in [2.75, 3.05) is 11.1 Å². The van der Waals surface area contributed by atoms with Gasteiger partial charge in [0.25, 0.3) is 0 Å². The van der Waals surface area contributed by atoms with Crippen LogP contribution >= 0.6 is 0 Å². The molecule has 100 valence electrons. The first-order valence-corrected chi connectivity index (χ1v) is 7.41. The highest BCUT2D eigenvalue weighted by Gasteiger charge is 2.21. The van der Waals surface area contributed by atoms with Gasteiger partial charge in [-0.1, -0.05) is 25.1 Å². The van der Waals surface area contributed by atoms with E-state index in [-0.39, 0.29) is 11.9 Å². The Bertz CT molecular complexity index is 409. The van der Waals surface area contributed by atoms with Crippen LogP contribution in [0.1, 0.15) is 20.3 Å². The molecule has 3 N–H and O–H groups in total. The van der Waals surface area contributed by atoms with E-state index in [1.807, 2.05) is 25.1 Å². The molecule has 0 aliphatic carbocycles. The number of nitrogens with two attached hydrogens (primary N) is 1. The summed E-state index contributed by atoms with van der Waals surface area (Å²) in [5, 5.41) is 2.19. The van der Waals surface area contributed by atoms with E-state index in [9.17, 15) is 9.00 Å². The summed E-state index contributed by atoms with van der Waals surface area (Å²) in [6.45, 7) is 3.60. The molecule has 0 spiro atoms. The van der Waals surface area contributed by atoms with Crippen molar-refractivity contribution in [2.45, 2.75) is 31.6 Å². The van der Waals surface area contributed by atoms with Gasteiger partial charge in [-0.2, -0.15) is 0 Å². The molecule has 0 bridgehead atoms. The molecule has 0 saturated carbocycles. The molecule has 4 nitrogen and oxygen atoms in total. The molecule has 5 heteroatoms. The Kier molecular flexibility index (Phi) is 6.01. The van der Waals surface area contributed by atoms with Crippen molar-refractivity contribution in [3.63, 3.8) is 0 Å². The zero-order valence-corrected chi connectivity index (χ0v) is 11.6. The van der Waals surface area contributed by atoms with Gasteiger partial charge in [-0.05, 0) is 25.5 Å². The summed E-state index contributed by atoms with van der Waals surface area (Å²) in [4.78, 5) is 11.9. The largest absolute Gasteiger partial charge is 0.327 e. The molecule has 0 aliphatic heterocycles. The van der Waals surface area contributed by atoms with Gasteiger partial charge in [0.15, 0.2) is 0 Å². The monoisotopic (exact) mass is 268 g/mol. The van der Waals surface area contributed by atoms with Crippen molar-refractivity contribution >= 4 is 22.4 Å². The van der Waals surface area contributed by atoms with Crippen LogP contribution in [0.2, 0.25) is 0 Å². The second kappa shape index (κ2) is 7.28. The highest BCUT2D eigenvalue weighted by molar-refractivity contribution is 7.86. The molecule has 3 unspecified atom stereocenters. The van der Waals surface area contributed by atoms with Gasteiger partial charge in [0.1, 0.15) is 5.25 Å². The number of amides is 1. The molecule has 0 aliphatic rings. The van der Waals surface area contributed by atoms with Gasteiger partial charge in [0, 0.05) is 28.3 Å². The molecule has 18 heavy (non-hydrogen) atoms. The van der Waals surface area contributed by atoms with Gasteiger partial charge < -0.3 is 11.1 Å². The normalized spacial score (nSPS) is 15.7. The fourth-order valence-electron chi connectivity index (χ4n) is 1.36. The van der Waals surface area contributed by atoms with Gasteiger partial charge in [0.05, 0.1) is 0 Å². The van der Waals surface area contributed by atoms with E-state index in [0.717, 1.165) is 6.42 Å². The quantitative estimate of drug-likeness (QED) is 0.821. The minimum atomic E-state index is -1.24. The Morgan fingerprint density at radius 1 is 1.39 bits per heavy atom. The van der Waals surface area contributed by atoms with Crippen molar-refractivity contribution in [2.24, 2.45) is 5.73 Å². The van der Waals surface area contributed by atoms with Crippen molar-refractivity contribution in [1.29, 1.82) is 0 Å². The van der Waals surface area contributed by atoms with Crippen LogP contribution in [0, 0.1) is 0 Å². The second-order valence-corrected chi connectivity index (χ2v) is 6.02. The highest BCUT2D eigenvalue weighted by Crippen LogP contribution is 2.08. The average Bonchev–Trinajstić information content (AvgIpc) is 2.38. The lowest BCUT2D eigenvalue weighted by molar-refractivity contribution is -0.115. The zero-order valence-electron chi connectivity index (χ0n) is 10.8. The molecule has 0 fully saturated rings. The first-order valence-electron chi connectivity index (χ1n) is 6.03. The van der Waals surface area contributed by atoms with Crippen LogP contribution in [0.15, 0.2) is 30.3 Å². The van der Waals surface area contributed by atoms with E-state index in [2.05, 4.69) is 5.32 Å². The molecule has 1 aromatic carbocycles. The van der Waals surface area contributed by atoms with Crippen LogP contribution in [-0.4, -0.2) is 27.2 Å². The predicted molar refractivity (Wildman–Crippen MR) is 75.8 cm³/mol. The maximum Gasteiger partial charge on any atom is 0.239 e. The fraction of sp³-hybridized carbons (Fsp3) is 0.462. The van der Waals surface area contributed by atoms with Crippen LogP contribution in [0.3, 0.4) is 0 Å². The predicted octanol–water partition coefficient (Wildman–Crippen LogP) is 1.50. The fourth-order valence-corrected chi connectivity index (χ4v) is 2.60. The number of hydrogen-bond acceptors (Lipinski definition) is 3. The SMILES string of the molecule is CCC(N)CS(=O)C(C)C(=O)Nc1ccccc1. The van der Waals surface area contributed by atoms with Gasteiger partial charge in [0.2, 0.25) is 5.91 Å². The highest BCUT2D eigenvalue weighted by atomic mass is 32.2. The van der Waals surface area contributed by atoms with E-state index < -0.39 is 16.0 Å². The summed E-state index contributed by atoms with van der Waals surface area (Å²) in [6.07, 6.45) is 0.763. The van der Waals surface area contributed by atoms with Crippen molar-refractivity contribution in [3.8, 4) is 0 Å². The molecule has 0 radical (unpaired) electrons. The number of hydrogen-bond donors (Lipinski definition) is 2. The van der Waals surface area contributed by atoms with Gasteiger partial charge in [-0.3, -0.25) is 9.00 Å². The van der Waals surface area contributed by atoms with Crippen molar-refractivity contribution < 1.29 is 9.00 Å². The van der Waals surface area contributed by atoms with Crippen LogP contribution < -0.4 is 11.1 Å². The summed E-state index contributed by atoms with van der Waals surface area (Å²) < 4.78 is 11.9. The molecule has 1 aromatic rings. The van der Waals surface area contributed by atoms with E-state index in [4.69, 9.17) is 5.73 Å². The Morgan fingerprint density at radius 3 is 2.56 bits per heavy atom. The van der Waals surface area contributed by atoms with E-state index >= 15 is 0 Å². The molecule has 0 saturated heterocycles. The Labute approximate surface area is 110 Å². The Hall–Kier alpha value is -1.20. The number of nitrogens with one attached hydrogen (secondary N) is 1. The number of para-hydroxylation sites is 1. The third-order valence-electron chi connectivity index (χ3n) is 2.71. The van der Waals surface area contributed by atoms with Gasteiger partial charge >= 0.3 is 0 Å². The standard InChI is InChI=1S/C13H20N2O2S/c1-3-11(14)9-18(17)10(2)13(16)15-12-7-5-4-6-8-12/h4-8,10-11H,3,9,14H2,1-2H3,(H,15,16). The van der Waals surface area contributed by atoms with Crippen LogP contribution in [0.25, 0.3) is 0 Å². The third kappa shape index (κ3) is 4.58. The molecule has 0 heterocycles. The molecule has 3 atom stereocenters. The number of rotatable bonds is 6. The first kappa shape index (κ1) is 14.9. The van der Waals surface area contributed by atoms with Gasteiger partial charge in [-0.25, -0.2) is 0 Å². The van der Waals surface area contributed by atoms with E-state index in [1.165, 1.54) is 0 Å². The number of anilines is 1. The minimum Gasteiger partial charge on any atom is -0.327 e. The maximum absolute atomic E-state index is 11.9. The zero-order chi connectivity index (χ0) is 13.5. The maximum atomic E-state index is 11.9. The molecule has 1 amide bonds. The minimum absolute atomic E-state index is 0.113. The summed E-state index contributed by atoms with van der Waals surface area (Å²) in [6, 6.07) is 9.03. The van der Waals surface area contributed by atoms with Crippen LogP contribution in [-0.2, 0) is 15.6 Å². The van der Waals surface area contributed by atoms with Crippen molar-refractivity contribution in [1.82, 2.24) is 0 Å². The summed E-state index contributed by atoms with van der Waals surface area (Å²) >= 11 is 0. The lowest BCUT2D eigenvalue weighted by atomic mass is 10.3. The molecular formula is C13H20N2O2S. The number of benzene rings is 1. The van der Waals surface area contributed by atoms with Crippen molar-refractivity contribution in [3.05, 3.63) is 30.3 Å². The number of carbonyl (C=O) groups excluding carboxylic acids is 1. The number of carbonyl (C=O) groups is 1. The third-order valence-corrected chi connectivity index (χ3v) is 4.47. The van der Waals surface area contributed by atoms with E-state index in [1.54, 1.807) is 19.1 Å². The Morgan fingerprint density at radius 2 is 2.00 bits per heavy atom. The molecule has 0 aromatic heterocycles. The topological polar surface area (TPSA) is 72.2 Å². The van der Waals surface area contributed by atoms with E-state index in [0.29, 0.717) is 11.4 Å². The summed E-state index contributed by atoms with van der Waals surface area (Å²) in [5.41, 5.74) is 6.45. The first-order chi connectivity index (χ1) is 8.54. The van der Waals surface area contributed by atoms with Crippen LogP contribution in [0.4, 0.5) is 5.69 Å². The Balaban J connectivity index is 2.54. The second-order valence-electron chi connectivity index (χ2n) is 4.21. The summed E-state index contributed by atoms with van der Waals surface area (Å²) in [7, 11) is -1.24. The smallest absolute Gasteiger partial charge is 0.239 e. The summed E-state index contributed by atoms with van der Waals surface area (Å²) in [5.74, 6) is 0.128. The molecular weight excluding hydrogens is 248 g/mol. The molecule has 1 rings (SSSR count).